The van der Waals surface area contributed by atoms with Gasteiger partial charge in [0.25, 0.3) is 0 Å². The number of anilines is 1. The zero-order valence-electron chi connectivity index (χ0n) is 12.6. The summed E-state index contributed by atoms with van der Waals surface area (Å²) in [7, 11) is 0. The average Bonchev–Trinajstić information content (AvgIpc) is 2.48. The van der Waals surface area contributed by atoms with E-state index in [0.717, 1.165) is 16.7 Å². The van der Waals surface area contributed by atoms with Crippen LogP contribution < -0.4 is 10.6 Å². The summed E-state index contributed by atoms with van der Waals surface area (Å²) in [5.41, 5.74) is 3.34. The van der Waals surface area contributed by atoms with Gasteiger partial charge in [0, 0.05) is 6.54 Å². The third kappa shape index (κ3) is 4.23. The normalized spacial score (nSPS) is 11.8. The topological polar surface area (TPSA) is 61.4 Å². The van der Waals surface area contributed by atoms with Gasteiger partial charge in [-0.3, -0.25) is 0 Å². The highest BCUT2D eigenvalue weighted by molar-refractivity contribution is 6.33. The third-order valence-corrected chi connectivity index (χ3v) is 3.69. The van der Waals surface area contributed by atoms with E-state index in [9.17, 15) is 9.90 Å². The van der Waals surface area contributed by atoms with Crippen LogP contribution in [0.5, 0.6) is 0 Å². The fourth-order valence-corrected chi connectivity index (χ4v) is 2.43. The van der Waals surface area contributed by atoms with Crippen LogP contribution in [0.3, 0.4) is 0 Å². The zero-order chi connectivity index (χ0) is 16.1. The molecule has 4 nitrogen and oxygen atoms in total. The van der Waals surface area contributed by atoms with Crippen LogP contribution in [0.2, 0.25) is 5.02 Å². The maximum atomic E-state index is 11.9. The minimum Gasteiger partial charge on any atom is -0.387 e. The van der Waals surface area contributed by atoms with E-state index in [1.165, 1.54) is 0 Å². The summed E-state index contributed by atoms with van der Waals surface area (Å²) in [4.78, 5) is 11.9. The summed E-state index contributed by atoms with van der Waals surface area (Å²) in [5, 5.41) is 15.9. The average molecular weight is 319 g/mol. The van der Waals surface area contributed by atoms with E-state index in [-0.39, 0.29) is 6.54 Å². The Morgan fingerprint density at radius 3 is 2.64 bits per heavy atom. The first-order valence-corrected chi connectivity index (χ1v) is 7.40. The van der Waals surface area contributed by atoms with Crippen molar-refractivity contribution >= 4 is 23.3 Å². The van der Waals surface area contributed by atoms with Crippen LogP contribution in [0.25, 0.3) is 0 Å². The lowest BCUT2D eigenvalue weighted by molar-refractivity contribution is 0.174. The lowest BCUT2D eigenvalue weighted by atomic mass is 10.0. The van der Waals surface area contributed by atoms with Crippen molar-refractivity contribution < 1.29 is 9.90 Å². The summed E-state index contributed by atoms with van der Waals surface area (Å²) in [5.74, 6) is 0. The molecule has 2 amide bonds. The predicted molar refractivity (Wildman–Crippen MR) is 89.3 cm³/mol. The summed E-state index contributed by atoms with van der Waals surface area (Å²) < 4.78 is 0. The van der Waals surface area contributed by atoms with Gasteiger partial charge < -0.3 is 15.7 Å². The Bertz CT molecular complexity index is 673. The molecule has 0 aliphatic rings. The quantitative estimate of drug-likeness (QED) is 0.802. The van der Waals surface area contributed by atoms with Crippen LogP contribution in [0.15, 0.2) is 42.5 Å². The van der Waals surface area contributed by atoms with Crippen LogP contribution in [0.4, 0.5) is 10.5 Å². The molecule has 0 aliphatic carbocycles. The Balaban J connectivity index is 1.91. The highest BCUT2D eigenvalue weighted by atomic mass is 35.5. The molecule has 0 aromatic heterocycles. The van der Waals surface area contributed by atoms with Gasteiger partial charge in [-0.05, 0) is 42.7 Å². The maximum Gasteiger partial charge on any atom is 0.319 e. The number of nitrogens with one attached hydrogen (secondary N) is 2. The summed E-state index contributed by atoms with van der Waals surface area (Å²) in [6.45, 7) is 3.97. The molecule has 0 saturated carbocycles. The monoisotopic (exact) mass is 318 g/mol. The van der Waals surface area contributed by atoms with Gasteiger partial charge in [0.2, 0.25) is 0 Å². The molecule has 0 aliphatic heterocycles. The number of urea groups is 1. The minimum atomic E-state index is -0.750. The smallest absolute Gasteiger partial charge is 0.319 e. The standard InChI is InChI=1S/C17H19ClN2O2/c1-11-7-8-15(14(18)9-11)20-17(22)19-10-16(21)13-6-4-3-5-12(13)2/h3-9,16,21H,10H2,1-2H3,(H2,19,20,22). The van der Waals surface area contributed by atoms with Crippen molar-refractivity contribution in [3.8, 4) is 0 Å². The van der Waals surface area contributed by atoms with E-state index in [4.69, 9.17) is 11.6 Å². The third-order valence-electron chi connectivity index (χ3n) is 3.38. The van der Waals surface area contributed by atoms with E-state index in [2.05, 4.69) is 10.6 Å². The molecule has 0 bridgehead atoms. The number of rotatable bonds is 4. The number of hydrogen-bond acceptors (Lipinski definition) is 2. The first-order chi connectivity index (χ1) is 10.5. The van der Waals surface area contributed by atoms with E-state index < -0.39 is 12.1 Å². The van der Waals surface area contributed by atoms with E-state index in [1.807, 2.05) is 44.2 Å². The Kier molecular flexibility index (Phi) is 5.41. The van der Waals surface area contributed by atoms with Crippen LogP contribution in [-0.4, -0.2) is 17.7 Å². The fourth-order valence-electron chi connectivity index (χ4n) is 2.15. The Hall–Kier alpha value is -2.04. The number of benzene rings is 2. The predicted octanol–water partition coefficient (Wildman–Crippen LogP) is 3.81. The SMILES string of the molecule is Cc1ccc(NC(=O)NCC(O)c2ccccc2C)c(Cl)c1. The molecule has 116 valence electrons. The van der Waals surface area contributed by atoms with Gasteiger partial charge in [-0.15, -0.1) is 0 Å². The van der Waals surface area contributed by atoms with Crippen LogP contribution in [-0.2, 0) is 0 Å². The first-order valence-electron chi connectivity index (χ1n) is 7.02. The number of halogens is 1. The van der Waals surface area contributed by atoms with Crippen molar-refractivity contribution in [3.05, 3.63) is 64.2 Å². The number of amides is 2. The molecule has 5 heteroatoms. The van der Waals surface area contributed by atoms with Crippen molar-refractivity contribution in [3.63, 3.8) is 0 Å². The lowest BCUT2D eigenvalue weighted by Crippen LogP contribution is -2.32. The molecule has 0 saturated heterocycles. The molecule has 0 fully saturated rings. The first kappa shape index (κ1) is 16.3. The Morgan fingerprint density at radius 2 is 1.95 bits per heavy atom. The van der Waals surface area contributed by atoms with Gasteiger partial charge >= 0.3 is 6.03 Å². The number of carbonyl (C=O) groups excluding carboxylic acids is 1. The van der Waals surface area contributed by atoms with Gasteiger partial charge in [-0.1, -0.05) is 41.9 Å². The van der Waals surface area contributed by atoms with E-state index in [1.54, 1.807) is 12.1 Å². The second-order valence-corrected chi connectivity index (χ2v) is 5.60. The minimum absolute atomic E-state index is 0.125. The molecule has 22 heavy (non-hydrogen) atoms. The van der Waals surface area contributed by atoms with Crippen molar-refractivity contribution in [2.24, 2.45) is 0 Å². The Labute approximate surface area is 135 Å². The highest BCUT2D eigenvalue weighted by Crippen LogP contribution is 2.22. The molecule has 2 rings (SSSR count). The fraction of sp³-hybridized carbons (Fsp3) is 0.235. The number of carbonyl (C=O) groups is 1. The maximum absolute atomic E-state index is 11.9. The molecule has 1 unspecified atom stereocenters. The van der Waals surface area contributed by atoms with Gasteiger partial charge in [-0.25, -0.2) is 4.79 Å². The molecular weight excluding hydrogens is 300 g/mol. The summed E-state index contributed by atoms with van der Waals surface area (Å²) in [6.07, 6.45) is -0.750. The summed E-state index contributed by atoms with van der Waals surface area (Å²) in [6, 6.07) is 12.5. The second-order valence-electron chi connectivity index (χ2n) is 5.19. The number of hydrogen-bond donors (Lipinski definition) is 3. The summed E-state index contributed by atoms with van der Waals surface area (Å²) >= 11 is 6.06. The zero-order valence-corrected chi connectivity index (χ0v) is 13.3. The highest BCUT2D eigenvalue weighted by Gasteiger charge is 2.12. The number of aliphatic hydroxyl groups excluding tert-OH is 1. The van der Waals surface area contributed by atoms with Crippen molar-refractivity contribution in [1.82, 2.24) is 5.32 Å². The molecule has 1 atom stereocenters. The second kappa shape index (κ2) is 7.29. The van der Waals surface area contributed by atoms with Crippen molar-refractivity contribution in [2.45, 2.75) is 20.0 Å². The Morgan fingerprint density at radius 1 is 1.23 bits per heavy atom. The molecule has 0 heterocycles. The van der Waals surface area contributed by atoms with E-state index >= 15 is 0 Å². The molecule has 2 aromatic carbocycles. The molecule has 0 radical (unpaired) electrons. The molecule has 2 aromatic rings. The van der Waals surface area contributed by atoms with Gasteiger partial charge in [0.1, 0.15) is 0 Å². The number of aliphatic hydroxyl groups is 1. The van der Waals surface area contributed by atoms with Gasteiger partial charge in [-0.2, -0.15) is 0 Å². The van der Waals surface area contributed by atoms with Crippen LogP contribution in [0, 0.1) is 13.8 Å². The van der Waals surface area contributed by atoms with Crippen LogP contribution >= 0.6 is 11.6 Å². The van der Waals surface area contributed by atoms with Crippen LogP contribution in [0.1, 0.15) is 22.8 Å². The van der Waals surface area contributed by atoms with Gasteiger partial charge in [0.05, 0.1) is 16.8 Å². The number of aryl methyl sites for hydroxylation is 2. The lowest BCUT2D eigenvalue weighted by Gasteiger charge is -2.15. The molecule has 3 N–H and O–H groups in total. The molecule has 0 spiro atoms. The molecular formula is C17H19ClN2O2. The van der Waals surface area contributed by atoms with Crippen molar-refractivity contribution in [2.75, 3.05) is 11.9 Å². The van der Waals surface area contributed by atoms with E-state index in [0.29, 0.717) is 10.7 Å². The van der Waals surface area contributed by atoms with Gasteiger partial charge in [0.15, 0.2) is 0 Å². The largest absolute Gasteiger partial charge is 0.387 e. The van der Waals surface area contributed by atoms with Crippen molar-refractivity contribution in [1.29, 1.82) is 0 Å².